The molecule has 1 aromatic rings. The summed E-state index contributed by atoms with van der Waals surface area (Å²) in [6.45, 7) is 4.44. The zero-order valence-corrected chi connectivity index (χ0v) is 14.2. The van der Waals surface area contributed by atoms with Crippen molar-refractivity contribution in [2.45, 2.75) is 64.2 Å². The van der Waals surface area contributed by atoms with Crippen LogP contribution in [-0.2, 0) is 4.74 Å². The summed E-state index contributed by atoms with van der Waals surface area (Å²) in [5, 5.41) is 2.11. The molecule has 0 amide bonds. The van der Waals surface area contributed by atoms with Gasteiger partial charge in [-0.05, 0) is 47.2 Å². The van der Waals surface area contributed by atoms with Gasteiger partial charge in [0, 0.05) is 20.8 Å². The van der Waals surface area contributed by atoms with Crippen molar-refractivity contribution in [3.63, 3.8) is 0 Å². The van der Waals surface area contributed by atoms with Crippen LogP contribution >= 0.6 is 27.3 Å². The summed E-state index contributed by atoms with van der Waals surface area (Å²) in [7, 11) is 0. The van der Waals surface area contributed by atoms with Crippen molar-refractivity contribution in [2.24, 2.45) is 11.7 Å². The molecule has 1 heterocycles. The van der Waals surface area contributed by atoms with Crippen LogP contribution in [0.5, 0.6) is 0 Å². The molecule has 4 heteroatoms. The highest BCUT2D eigenvalue weighted by molar-refractivity contribution is 9.10. The molecule has 0 bridgehead atoms. The molecule has 1 aliphatic rings. The molecular weight excluding hydrogens is 322 g/mol. The van der Waals surface area contributed by atoms with Crippen LogP contribution in [0.2, 0.25) is 0 Å². The van der Waals surface area contributed by atoms with Crippen molar-refractivity contribution >= 4 is 27.3 Å². The summed E-state index contributed by atoms with van der Waals surface area (Å²) in [5.74, 6) is 0.656. The Morgan fingerprint density at radius 2 is 2.21 bits per heavy atom. The zero-order valence-electron chi connectivity index (χ0n) is 11.8. The minimum absolute atomic E-state index is 0.0480. The first kappa shape index (κ1) is 15.5. The Bertz CT molecular complexity index is 395. The molecule has 4 atom stereocenters. The Balaban J connectivity index is 2.09. The minimum atomic E-state index is 0.0480. The first-order valence-electron chi connectivity index (χ1n) is 7.26. The SMILES string of the molecule is CCC(N)C(OC1CCCCC1C)c1cc(Br)cs1. The van der Waals surface area contributed by atoms with Gasteiger partial charge in [-0.1, -0.05) is 26.7 Å². The number of rotatable bonds is 5. The summed E-state index contributed by atoms with van der Waals surface area (Å²) < 4.78 is 7.55. The van der Waals surface area contributed by atoms with Crippen LogP contribution in [0.3, 0.4) is 0 Å². The third-order valence-corrected chi connectivity index (χ3v) is 5.84. The molecule has 0 aromatic carbocycles. The molecule has 0 radical (unpaired) electrons. The molecule has 2 N–H and O–H groups in total. The van der Waals surface area contributed by atoms with E-state index in [4.69, 9.17) is 10.5 Å². The predicted molar refractivity (Wildman–Crippen MR) is 85.5 cm³/mol. The third-order valence-electron chi connectivity index (χ3n) is 4.08. The van der Waals surface area contributed by atoms with E-state index in [1.165, 1.54) is 30.6 Å². The van der Waals surface area contributed by atoms with Crippen molar-refractivity contribution < 1.29 is 4.74 Å². The molecule has 2 nitrogen and oxygen atoms in total. The van der Waals surface area contributed by atoms with Crippen molar-refractivity contribution in [2.75, 3.05) is 0 Å². The second-order valence-corrected chi connectivity index (χ2v) is 7.45. The summed E-state index contributed by atoms with van der Waals surface area (Å²) in [5.41, 5.74) is 6.29. The molecule has 1 saturated carbocycles. The lowest BCUT2D eigenvalue weighted by Gasteiger charge is -2.34. The van der Waals surface area contributed by atoms with Gasteiger partial charge >= 0.3 is 0 Å². The lowest BCUT2D eigenvalue weighted by atomic mass is 9.87. The van der Waals surface area contributed by atoms with Crippen LogP contribution in [0.25, 0.3) is 0 Å². The van der Waals surface area contributed by atoms with Gasteiger partial charge in [-0.15, -0.1) is 11.3 Å². The van der Waals surface area contributed by atoms with E-state index in [0.717, 1.165) is 10.9 Å². The van der Waals surface area contributed by atoms with Crippen LogP contribution in [0.15, 0.2) is 15.9 Å². The van der Waals surface area contributed by atoms with Gasteiger partial charge < -0.3 is 10.5 Å². The van der Waals surface area contributed by atoms with Gasteiger partial charge in [0.25, 0.3) is 0 Å². The highest BCUT2D eigenvalue weighted by Crippen LogP contribution is 2.35. The maximum absolute atomic E-state index is 6.42. The second-order valence-electron chi connectivity index (χ2n) is 5.60. The molecule has 2 rings (SSSR count). The molecule has 108 valence electrons. The van der Waals surface area contributed by atoms with Crippen molar-refractivity contribution in [1.82, 2.24) is 0 Å². The van der Waals surface area contributed by atoms with E-state index in [1.54, 1.807) is 11.3 Å². The standard InChI is InChI=1S/C15H24BrNOS/c1-3-12(17)15(14-8-11(16)9-19-14)18-13-7-5-4-6-10(13)2/h8-10,12-13,15H,3-7,17H2,1-2H3. The fourth-order valence-corrected chi connectivity index (χ4v) is 4.30. The van der Waals surface area contributed by atoms with Crippen LogP contribution in [0, 0.1) is 5.92 Å². The molecule has 4 unspecified atom stereocenters. The van der Waals surface area contributed by atoms with E-state index < -0.39 is 0 Å². The first-order chi connectivity index (χ1) is 9.11. The van der Waals surface area contributed by atoms with E-state index in [-0.39, 0.29) is 12.1 Å². The van der Waals surface area contributed by atoms with Crippen molar-refractivity contribution in [1.29, 1.82) is 0 Å². The van der Waals surface area contributed by atoms with Gasteiger partial charge in [0.2, 0.25) is 0 Å². The van der Waals surface area contributed by atoms with Crippen molar-refractivity contribution in [3.8, 4) is 0 Å². The number of ether oxygens (including phenoxy) is 1. The van der Waals surface area contributed by atoms with E-state index in [1.807, 2.05) is 0 Å². The molecule has 0 saturated heterocycles. The van der Waals surface area contributed by atoms with Gasteiger partial charge in [0.1, 0.15) is 6.10 Å². The molecular formula is C15H24BrNOS. The van der Waals surface area contributed by atoms with Gasteiger partial charge in [-0.3, -0.25) is 0 Å². The average Bonchev–Trinajstić information content (AvgIpc) is 2.83. The van der Waals surface area contributed by atoms with E-state index in [0.29, 0.717) is 12.0 Å². The molecule has 19 heavy (non-hydrogen) atoms. The first-order valence-corrected chi connectivity index (χ1v) is 8.94. The lowest BCUT2D eigenvalue weighted by molar-refractivity contribution is -0.0662. The molecule has 0 aliphatic heterocycles. The van der Waals surface area contributed by atoms with Gasteiger partial charge in [-0.25, -0.2) is 0 Å². The van der Waals surface area contributed by atoms with Gasteiger partial charge in [-0.2, -0.15) is 0 Å². The Morgan fingerprint density at radius 1 is 1.47 bits per heavy atom. The summed E-state index contributed by atoms with van der Waals surface area (Å²) in [6, 6.07) is 2.23. The molecule has 1 aliphatic carbocycles. The maximum Gasteiger partial charge on any atom is 0.107 e. The largest absolute Gasteiger partial charge is 0.368 e. The summed E-state index contributed by atoms with van der Waals surface area (Å²) in [4.78, 5) is 1.25. The van der Waals surface area contributed by atoms with Crippen LogP contribution in [-0.4, -0.2) is 12.1 Å². The maximum atomic E-state index is 6.42. The van der Waals surface area contributed by atoms with Crippen LogP contribution < -0.4 is 5.73 Å². The number of thiophene rings is 1. The Labute approximate surface area is 128 Å². The Kier molecular flexibility index (Phi) is 5.87. The fourth-order valence-electron chi connectivity index (χ4n) is 2.74. The number of hydrogen-bond acceptors (Lipinski definition) is 3. The monoisotopic (exact) mass is 345 g/mol. The Hall–Kier alpha value is 0.1000. The minimum Gasteiger partial charge on any atom is -0.368 e. The average molecular weight is 346 g/mol. The quantitative estimate of drug-likeness (QED) is 0.824. The normalized spacial score (nSPS) is 27.2. The smallest absolute Gasteiger partial charge is 0.107 e. The van der Waals surface area contributed by atoms with Crippen LogP contribution in [0.1, 0.15) is 56.9 Å². The number of halogens is 1. The molecule has 1 aromatic heterocycles. The van der Waals surface area contributed by atoms with E-state index in [2.05, 4.69) is 41.2 Å². The van der Waals surface area contributed by atoms with Crippen LogP contribution in [0.4, 0.5) is 0 Å². The molecule has 0 spiro atoms. The Morgan fingerprint density at radius 3 is 2.79 bits per heavy atom. The highest BCUT2D eigenvalue weighted by Gasteiger charge is 2.29. The van der Waals surface area contributed by atoms with Crippen molar-refractivity contribution in [3.05, 3.63) is 20.8 Å². The number of hydrogen-bond donors (Lipinski definition) is 1. The molecule has 1 fully saturated rings. The predicted octanol–water partition coefficient (Wildman–Crippen LogP) is 4.88. The highest BCUT2D eigenvalue weighted by atomic mass is 79.9. The topological polar surface area (TPSA) is 35.2 Å². The zero-order chi connectivity index (χ0) is 13.8. The van der Waals surface area contributed by atoms with Gasteiger partial charge in [0.15, 0.2) is 0 Å². The lowest BCUT2D eigenvalue weighted by Crippen LogP contribution is -2.35. The summed E-state index contributed by atoms with van der Waals surface area (Å²) >= 11 is 5.26. The fraction of sp³-hybridized carbons (Fsp3) is 0.733. The summed E-state index contributed by atoms with van der Waals surface area (Å²) in [6.07, 6.45) is 6.46. The second kappa shape index (κ2) is 7.21. The van der Waals surface area contributed by atoms with E-state index >= 15 is 0 Å². The third kappa shape index (κ3) is 4.03. The van der Waals surface area contributed by atoms with E-state index in [9.17, 15) is 0 Å². The number of nitrogens with two attached hydrogens (primary N) is 1. The van der Waals surface area contributed by atoms with Gasteiger partial charge in [0.05, 0.1) is 6.10 Å².